The van der Waals surface area contributed by atoms with E-state index in [1.54, 1.807) is 4.68 Å². The number of nitrogens with zero attached hydrogens (tertiary/aromatic N) is 4. The third-order valence-corrected chi connectivity index (χ3v) is 3.89. The minimum Gasteiger partial charge on any atom is -0.468 e. The maximum Gasteiger partial charge on any atom is 0.325 e. The van der Waals surface area contributed by atoms with Gasteiger partial charge < -0.3 is 4.74 Å². The van der Waals surface area contributed by atoms with E-state index in [2.05, 4.69) is 14.8 Å². The van der Waals surface area contributed by atoms with E-state index in [-0.39, 0.29) is 12.1 Å². The SMILES string of the molecule is COC(=O)Cn1cnc2c(cnn2-c2cccc(C)c2C)c1=O. The lowest BCUT2D eigenvalue weighted by molar-refractivity contribution is -0.141. The van der Waals surface area contributed by atoms with Crippen LogP contribution in [-0.4, -0.2) is 32.4 Å². The molecule has 0 bridgehead atoms. The van der Waals surface area contributed by atoms with Crippen molar-refractivity contribution in [3.05, 3.63) is 52.2 Å². The summed E-state index contributed by atoms with van der Waals surface area (Å²) in [6.07, 6.45) is 2.81. The van der Waals surface area contributed by atoms with E-state index in [1.807, 2.05) is 32.0 Å². The smallest absolute Gasteiger partial charge is 0.325 e. The van der Waals surface area contributed by atoms with E-state index in [0.29, 0.717) is 11.0 Å². The van der Waals surface area contributed by atoms with Crippen LogP contribution in [0.4, 0.5) is 0 Å². The zero-order valence-corrected chi connectivity index (χ0v) is 13.1. The van der Waals surface area contributed by atoms with Crippen LogP contribution < -0.4 is 5.56 Å². The lowest BCUT2D eigenvalue weighted by Gasteiger charge is -2.09. The van der Waals surface area contributed by atoms with E-state index >= 15 is 0 Å². The first-order valence-corrected chi connectivity index (χ1v) is 7.09. The van der Waals surface area contributed by atoms with E-state index in [4.69, 9.17) is 0 Å². The van der Waals surface area contributed by atoms with Crippen LogP contribution in [0.25, 0.3) is 16.7 Å². The Morgan fingerprint density at radius 1 is 1.30 bits per heavy atom. The van der Waals surface area contributed by atoms with Crippen molar-refractivity contribution in [1.82, 2.24) is 19.3 Å². The number of esters is 1. The number of carbonyl (C=O) groups excluding carboxylic acids is 1. The second-order valence-corrected chi connectivity index (χ2v) is 5.27. The van der Waals surface area contributed by atoms with E-state index < -0.39 is 5.97 Å². The molecule has 0 atom stereocenters. The van der Waals surface area contributed by atoms with Crippen molar-refractivity contribution in [3.8, 4) is 5.69 Å². The third-order valence-electron chi connectivity index (χ3n) is 3.89. The molecule has 23 heavy (non-hydrogen) atoms. The number of hydrogen-bond donors (Lipinski definition) is 0. The van der Waals surface area contributed by atoms with E-state index in [1.165, 1.54) is 24.2 Å². The second kappa shape index (κ2) is 5.68. The summed E-state index contributed by atoms with van der Waals surface area (Å²) in [4.78, 5) is 28.1. The van der Waals surface area contributed by atoms with Crippen LogP contribution in [0.2, 0.25) is 0 Å². The highest BCUT2D eigenvalue weighted by Gasteiger charge is 2.14. The average molecular weight is 312 g/mol. The summed E-state index contributed by atoms with van der Waals surface area (Å²) in [6, 6.07) is 5.88. The molecule has 0 saturated heterocycles. The molecule has 0 saturated carbocycles. The van der Waals surface area contributed by atoms with Gasteiger partial charge in [0, 0.05) is 0 Å². The number of rotatable bonds is 3. The maximum atomic E-state index is 12.4. The molecule has 0 amide bonds. The molecule has 0 aliphatic carbocycles. The molecule has 2 aromatic heterocycles. The molecule has 0 aliphatic heterocycles. The molecule has 0 radical (unpaired) electrons. The fourth-order valence-electron chi connectivity index (χ4n) is 2.41. The summed E-state index contributed by atoms with van der Waals surface area (Å²) in [7, 11) is 1.28. The Hall–Kier alpha value is -2.96. The quantitative estimate of drug-likeness (QED) is 0.683. The summed E-state index contributed by atoms with van der Waals surface area (Å²) in [5, 5.41) is 4.65. The van der Waals surface area contributed by atoms with Crippen molar-refractivity contribution in [2.45, 2.75) is 20.4 Å². The Morgan fingerprint density at radius 3 is 2.83 bits per heavy atom. The number of aromatic nitrogens is 4. The van der Waals surface area contributed by atoms with Gasteiger partial charge in [-0.25, -0.2) is 9.67 Å². The van der Waals surface area contributed by atoms with Gasteiger partial charge in [0.2, 0.25) is 0 Å². The zero-order chi connectivity index (χ0) is 16.6. The summed E-state index contributed by atoms with van der Waals surface area (Å²) >= 11 is 0. The van der Waals surface area contributed by atoms with Crippen LogP contribution in [0.1, 0.15) is 11.1 Å². The summed E-state index contributed by atoms with van der Waals surface area (Å²) in [6.45, 7) is 3.84. The minimum absolute atomic E-state index is 0.174. The van der Waals surface area contributed by atoms with Crippen LogP contribution >= 0.6 is 0 Å². The minimum atomic E-state index is -0.504. The van der Waals surface area contributed by atoms with Gasteiger partial charge >= 0.3 is 5.97 Å². The number of benzene rings is 1. The number of carbonyl (C=O) groups is 1. The molecular weight excluding hydrogens is 296 g/mol. The van der Waals surface area contributed by atoms with Gasteiger partial charge in [-0.3, -0.25) is 14.2 Å². The zero-order valence-electron chi connectivity index (χ0n) is 13.1. The Labute approximate surface area is 132 Å². The van der Waals surface area contributed by atoms with Crippen molar-refractivity contribution in [2.75, 3.05) is 7.11 Å². The van der Waals surface area contributed by atoms with Gasteiger partial charge in [0.15, 0.2) is 5.65 Å². The highest BCUT2D eigenvalue weighted by Crippen LogP contribution is 2.19. The molecule has 1 aromatic carbocycles. The molecule has 2 heterocycles. The number of ether oxygens (including phenoxy) is 1. The predicted octanol–water partition coefficient (Wildman–Crippen LogP) is 1.37. The first-order valence-electron chi connectivity index (χ1n) is 7.09. The van der Waals surface area contributed by atoms with Crippen LogP contribution in [0, 0.1) is 13.8 Å². The Balaban J connectivity index is 2.16. The fraction of sp³-hybridized carbons (Fsp3) is 0.250. The van der Waals surface area contributed by atoms with Crippen molar-refractivity contribution in [3.63, 3.8) is 0 Å². The second-order valence-electron chi connectivity index (χ2n) is 5.27. The lowest BCUT2D eigenvalue weighted by Crippen LogP contribution is -2.25. The van der Waals surface area contributed by atoms with Crippen molar-refractivity contribution in [1.29, 1.82) is 0 Å². The first kappa shape index (κ1) is 15.0. The standard InChI is InChI=1S/C16H16N4O3/c1-10-5-4-6-13(11(10)2)20-15-12(7-18-20)16(22)19(9-17-15)8-14(21)23-3/h4-7,9H,8H2,1-3H3. The Morgan fingerprint density at radius 2 is 2.09 bits per heavy atom. The van der Waals surface area contributed by atoms with Gasteiger partial charge in [-0.2, -0.15) is 5.10 Å². The third kappa shape index (κ3) is 2.50. The van der Waals surface area contributed by atoms with Gasteiger partial charge in [0.05, 0.1) is 19.0 Å². The van der Waals surface area contributed by atoms with Gasteiger partial charge in [-0.1, -0.05) is 12.1 Å². The van der Waals surface area contributed by atoms with Crippen LogP contribution in [0.15, 0.2) is 35.5 Å². The number of methoxy groups -OCH3 is 1. The van der Waals surface area contributed by atoms with Gasteiger partial charge in [-0.05, 0) is 31.0 Å². The van der Waals surface area contributed by atoms with Gasteiger partial charge in [-0.15, -0.1) is 0 Å². The molecule has 3 aromatic rings. The molecule has 0 unspecified atom stereocenters. The molecule has 0 spiro atoms. The normalized spacial score (nSPS) is 10.9. The van der Waals surface area contributed by atoms with E-state index in [0.717, 1.165) is 16.8 Å². The Bertz CT molecular complexity index is 956. The molecule has 0 aliphatic rings. The topological polar surface area (TPSA) is 79.0 Å². The molecule has 7 nitrogen and oxygen atoms in total. The maximum absolute atomic E-state index is 12.4. The summed E-state index contributed by atoms with van der Waals surface area (Å²) in [5.74, 6) is -0.504. The number of aryl methyl sites for hydroxylation is 1. The monoisotopic (exact) mass is 312 g/mol. The van der Waals surface area contributed by atoms with Crippen molar-refractivity contribution >= 4 is 17.0 Å². The molecular formula is C16H16N4O3. The highest BCUT2D eigenvalue weighted by atomic mass is 16.5. The predicted molar refractivity (Wildman–Crippen MR) is 84.6 cm³/mol. The van der Waals surface area contributed by atoms with Gasteiger partial charge in [0.25, 0.3) is 5.56 Å². The van der Waals surface area contributed by atoms with Gasteiger partial charge in [0.1, 0.15) is 18.3 Å². The van der Waals surface area contributed by atoms with Crippen molar-refractivity contribution < 1.29 is 9.53 Å². The number of fused-ring (bicyclic) bond motifs is 1. The van der Waals surface area contributed by atoms with Crippen molar-refractivity contribution in [2.24, 2.45) is 0 Å². The Kier molecular flexibility index (Phi) is 3.69. The molecule has 0 N–H and O–H groups in total. The van der Waals surface area contributed by atoms with Crippen LogP contribution in [-0.2, 0) is 16.1 Å². The molecule has 7 heteroatoms. The first-order chi connectivity index (χ1) is 11.0. The number of hydrogen-bond acceptors (Lipinski definition) is 5. The summed E-state index contributed by atoms with van der Waals surface area (Å²) < 4.78 is 7.43. The summed E-state index contributed by atoms with van der Waals surface area (Å²) in [5.41, 5.74) is 3.21. The molecule has 3 rings (SSSR count). The highest BCUT2D eigenvalue weighted by molar-refractivity contribution is 5.76. The molecule has 0 fully saturated rings. The van der Waals surface area contributed by atoms with E-state index in [9.17, 15) is 9.59 Å². The fourth-order valence-corrected chi connectivity index (χ4v) is 2.41. The molecule has 118 valence electrons. The van der Waals surface area contributed by atoms with Crippen LogP contribution in [0.5, 0.6) is 0 Å². The van der Waals surface area contributed by atoms with Crippen LogP contribution in [0.3, 0.4) is 0 Å². The average Bonchev–Trinajstić information content (AvgIpc) is 2.97. The lowest BCUT2D eigenvalue weighted by atomic mass is 10.1. The largest absolute Gasteiger partial charge is 0.468 e.